The zero-order chi connectivity index (χ0) is 37.2. The quantitative estimate of drug-likeness (QED) is 0.162. The number of aromatic nitrogens is 3. The number of hydrogen-bond acceptors (Lipinski definition) is 3. The Hall–Kier alpha value is -5.57. The first-order valence-electron chi connectivity index (χ1n) is 18.6. The van der Waals surface area contributed by atoms with E-state index in [0.717, 1.165) is 78.2 Å². The third-order valence-electron chi connectivity index (χ3n) is 10.4. The molecular formula is C50H41N3OPt. The van der Waals surface area contributed by atoms with Crippen LogP contribution in [0, 0.1) is 12.1 Å². The van der Waals surface area contributed by atoms with Crippen molar-refractivity contribution in [2.24, 2.45) is 0 Å². The van der Waals surface area contributed by atoms with E-state index in [1.807, 2.05) is 30.5 Å². The summed E-state index contributed by atoms with van der Waals surface area (Å²) in [6.45, 7) is 13.5. The maximum atomic E-state index is 6.13. The number of hydrogen-bond donors (Lipinski definition) is 0. The zero-order valence-electron chi connectivity index (χ0n) is 31.8. The van der Waals surface area contributed by atoms with Crippen molar-refractivity contribution >= 4 is 32.9 Å². The van der Waals surface area contributed by atoms with Crippen LogP contribution in [0.1, 0.15) is 52.7 Å². The Morgan fingerprint density at radius 2 is 1.31 bits per heavy atom. The number of furan rings is 1. The van der Waals surface area contributed by atoms with E-state index < -0.39 is 0 Å². The molecule has 5 heteroatoms. The van der Waals surface area contributed by atoms with Gasteiger partial charge in [0, 0.05) is 39.3 Å². The minimum Gasteiger partial charge on any atom is -0.456 e. The Balaban J connectivity index is 0.00000427. The van der Waals surface area contributed by atoms with E-state index in [0.29, 0.717) is 0 Å². The van der Waals surface area contributed by atoms with Gasteiger partial charge >= 0.3 is 21.1 Å². The molecule has 9 rings (SSSR count). The minimum atomic E-state index is -0.107. The largest absolute Gasteiger partial charge is 2.00 e. The number of pyridine rings is 2. The molecule has 0 bridgehead atoms. The van der Waals surface area contributed by atoms with Gasteiger partial charge in [-0.15, -0.1) is 29.8 Å². The fourth-order valence-corrected chi connectivity index (χ4v) is 7.27. The van der Waals surface area contributed by atoms with E-state index in [4.69, 9.17) is 14.4 Å². The van der Waals surface area contributed by atoms with Gasteiger partial charge in [0.1, 0.15) is 17.0 Å². The molecule has 0 aliphatic heterocycles. The molecule has 0 aliphatic rings. The summed E-state index contributed by atoms with van der Waals surface area (Å²) in [6, 6.07) is 54.0. The summed E-state index contributed by atoms with van der Waals surface area (Å²) < 4.78 is 8.38. The van der Waals surface area contributed by atoms with Gasteiger partial charge in [-0.25, -0.2) is 0 Å². The van der Waals surface area contributed by atoms with Crippen LogP contribution >= 0.6 is 0 Å². The Morgan fingerprint density at radius 1 is 0.600 bits per heavy atom. The third-order valence-corrected chi connectivity index (χ3v) is 10.4. The van der Waals surface area contributed by atoms with E-state index in [-0.39, 0.29) is 31.9 Å². The molecule has 5 aromatic carbocycles. The summed E-state index contributed by atoms with van der Waals surface area (Å²) in [5.41, 5.74) is 13.1. The molecule has 4 nitrogen and oxygen atoms in total. The normalized spacial score (nSPS) is 12.0. The van der Waals surface area contributed by atoms with Gasteiger partial charge in [-0.3, -0.25) is 9.97 Å². The molecular weight excluding hydrogens is 854 g/mol. The molecule has 272 valence electrons. The smallest absolute Gasteiger partial charge is 0.456 e. The van der Waals surface area contributed by atoms with Crippen LogP contribution in [0.2, 0.25) is 0 Å². The summed E-state index contributed by atoms with van der Waals surface area (Å²) in [7, 11) is 0. The van der Waals surface area contributed by atoms with Gasteiger partial charge in [-0.05, 0) is 46.2 Å². The van der Waals surface area contributed by atoms with Gasteiger partial charge in [-0.2, -0.15) is 23.8 Å². The molecule has 9 aromatic rings. The molecule has 0 saturated carbocycles. The fourth-order valence-electron chi connectivity index (χ4n) is 7.27. The summed E-state index contributed by atoms with van der Waals surface area (Å²) >= 11 is 0. The van der Waals surface area contributed by atoms with Gasteiger partial charge in [0.2, 0.25) is 0 Å². The minimum absolute atomic E-state index is 0. The first-order chi connectivity index (χ1) is 26.0. The van der Waals surface area contributed by atoms with Crippen LogP contribution in [0.3, 0.4) is 0 Å². The second-order valence-corrected chi connectivity index (χ2v) is 16.2. The van der Waals surface area contributed by atoms with Crippen molar-refractivity contribution in [3.8, 4) is 50.7 Å². The Kier molecular flexibility index (Phi) is 9.22. The first kappa shape index (κ1) is 36.4. The molecule has 0 saturated heterocycles. The Bertz CT molecular complexity index is 2810. The molecule has 0 amide bonds. The third kappa shape index (κ3) is 6.85. The van der Waals surface area contributed by atoms with E-state index in [2.05, 4.69) is 167 Å². The van der Waals surface area contributed by atoms with Crippen molar-refractivity contribution in [3.05, 3.63) is 163 Å². The predicted octanol–water partition coefficient (Wildman–Crippen LogP) is 13.2. The molecule has 0 spiro atoms. The van der Waals surface area contributed by atoms with Gasteiger partial charge in [0.05, 0.1) is 5.52 Å². The van der Waals surface area contributed by atoms with Crippen LogP contribution in [-0.2, 0) is 31.9 Å². The molecule has 0 N–H and O–H groups in total. The van der Waals surface area contributed by atoms with Gasteiger partial charge < -0.3 is 8.98 Å². The topological polar surface area (TPSA) is 43.9 Å². The summed E-state index contributed by atoms with van der Waals surface area (Å²) in [4.78, 5) is 10.3. The molecule has 0 aliphatic carbocycles. The standard InChI is InChI=1S/C50H41N3O.Pt/c1-49(2,3)38-13-11-14-40(31-38)53-45-16-9-8-15-41(45)42-22-23-43(52-48(42)53)36-26-37(28-39(27-36)50(4,5)6)44-29-34(24-25-51-44)32-18-20-33(21-19-32)47-30-35-12-7-10-17-46(35)54-47;/h7-13,15-25,27-31H,1-6H3;/q-2;+2. The van der Waals surface area contributed by atoms with Crippen LogP contribution in [0.4, 0.5) is 0 Å². The number of benzene rings is 5. The molecule has 0 radical (unpaired) electrons. The van der Waals surface area contributed by atoms with Crippen molar-refractivity contribution < 1.29 is 25.5 Å². The van der Waals surface area contributed by atoms with Gasteiger partial charge in [0.15, 0.2) is 0 Å². The zero-order valence-corrected chi connectivity index (χ0v) is 34.1. The maximum Gasteiger partial charge on any atom is 2.00 e. The van der Waals surface area contributed by atoms with Crippen molar-refractivity contribution in [1.82, 2.24) is 14.5 Å². The van der Waals surface area contributed by atoms with Crippen LogP contribution < -0.4 is 0 Å². The fraction of sp³-hybridized carbons (Fsp3) is 0.160. The van der Waals surface area contributed by atoms with Gasteiger partial charge in [0.25, 0.3) is 0 Å². The van der Waals surface area contributed by atoms with Crippen molar-refractivity contribution in [3.63, 3.8) is 0 Å². The molecule has 0 atom stereocenters. The van der Waals surface area contributed by atoms with Crippen LogP contribution in [0.15, 0.2) is 144 Å². The molecule has 4 heterocycles. The van der Waals surface area contributed by atoms with Crippen LogP contribution in [0.5, 0.6) is 0 Å². The van der Waals surface area contributed by atoms with Crippen molar-refractivity contribution in [2.45, 2.75) is 52.4 Å². The van der Waals surface area contributed by atoms with Crippen LogP contribution in [0.25, 0.3) is 83.6 Å². The Morgan fingerprint density at radius 3 is 2.07 bits per heavy atom. The average Bonchev–Trinajstić information content (AvgIpc) is 3.77. The van der Waals surface area contributed by atoms with Crippen LogP contribution in [-0.4, -0.2) is 14.5 Å². The predicted molar refractivity (Wildman–Crippen MR) is 223 cm³/mol. The first-order valence-corrected chi connectivity index (χ1v) is 18.6. The summed E-state index contributed by atoms with van der Waals surface area (Å²) in [5.74, 6) is 0.864. The van der Waals surface area contributed by atoms with E-state index >= 15 is 0 Å². The van der Waals surface area contributed by atoms with Crippen molar-refractivity contribution in [2.75, 3.05) is 0 Å². The van der Waals surface area contributed by atoms with E-state index in [9.17, 15) is 0 Å². The summed E-state index contributed by atoms with van der Waals surface area (Å²) in [5, 5.41) is 3.38. The molecule has 0 fully saturated rings. The maximum absolute atomic E-state index is 6.13. The molecule has 0 unspecified atom stereocenters. The summed E-state index contributed by atoms with van der Waals surface area (Å²) in [6.07, 6.45) is 1.89. The number of para-hydroxylation sites is 2. The molecule has 4 aromatic heterocycles. The number of rotatable bonds is 5. The monoisotopic (exact) mass is 894 g/mol. The van der Waals surface area contributed by atoms with E-state index in [1.165, 1.54) is 16.5 Å². The Labute approximate surface area is 337 Å². The van der Waals surface area contributed by atoms with Gasteiger partial charge in [-0.1, -0.05) is 137 Å². The van der Waals surface area contributed by atoms with E-state index in [1.54, 1.807) is 0 Å². The number of nitrogens with zero attached hydrogens (tertiary/aromatic N) is 3. The SMILES string of the molecule is CC(C)(C)c1cc(-c2cc(-c3ccc(-c4cc5ccccc5o4)cc3)ccn2)[c-]c(-c2ccc3c4ccccc4n(-c4[c-]ccc(C(C)(C)C)c4)c3n2)c1.[Pt+2]. The second-order valence-electron chi connectivity index (χ2n) is 16.2. The number of fused-ring (bicyclic) bond motifs is 4. The second kappa shape index (κ2) is 13.9. The average molecular weight is 895 g/mol. The molecule has 55 heavy (non-hydrogen) atoms. The van der Waals surface area contributed by atoms with Crippen molar-refractivity contribution in [1.29, 1.82) is 0 Å².